The molecule has 34 heavy (non-hydrogen) atoms. The Morgan fingerprint density at radius 2 is 1.85 bits per heavy atom. The molecule has 1 saturated heterocycles. The van der Waals surface area contributed by atoms with Crippen LogP contribution in [0.25, 0.3) is 0 Å². The summed E-state index contributed by atoms with van der Waals surface area (Å²) in [6.07, 6.45) is 5.06. The Bertz CT molecular complexity index is 1060. The van der Waals surface area contributed by atoms with Gasteiger partial charge in [0.05, 0.1) is 32.0 Å². The fourth-order valence-corrected chi connectivity index (χ4v) is 5.55. The van der Waals surface area contributed by atoms with E-state index >= 15 is 0 Å². The molecule has 4 rings (SSSR count). The van der Waals surface area contributed by atoms with E-state index in [1.165, 1.54) is 18.9 Å². The third kappa shape index (κ3) is 3.97. The molecule has 1 saturated carbocycles. The van der Waals surface area contributed by atoms with Crippen LogP contribution in [0, 0.1) is 11.3 Å². The fourth-order valence-electron chi connectivity index (χ4n) is 5.55. The number of nitriles is 1. The minimum absolute atomic E-state index is 0.00879. The van der Waals surface area contributed by atoms with E-state index in [1.807, 2.05) is 17.0 Å². The van der Waals surface area contributed by atoms with Crippen molar-refractivity contribution in [2.75, 3.05) is 52.9 Å². The lowest BCUT2D eigenvalue weighted by Crippen LogP contribution is -2.56. The standard InChI is InChI=1S/C25H32N6O3/c1-29(2)25(19-8-6-5-7-9-19)12-10-24(11-13-25)18-30(23(32)31(24)14-15-33-3)20-17-27-21(16-26)28-22(20)34-4/h5-9,17H,10-15,18H2,1-4H3/t24-,25+. The zero-order valence-electron chi connectivity index (χ0n) is 20.3. The van der Waals surface area contributed by atoms with Gasteiger partial charge in [-0.1, -0.05) is 30.3 Å². The van der Waals surface area contributed by atoms with Crippen molar-refractivity contribution in [1.82, 2.24) is 19.8 Å². The second-order valence-electron chi connectivity index (χ2n) is 9.23. The average Bonchev–Trinajstić information content (AvgIpc) is 3.13. The lowest BCUT2D eigenvalue weighted by molar-refractivity contribution is 0.0189. The first-order valence-corrected chi connectivity index (χ1v) is 11.5. The first-order chi connectivity index (χ1) is 16.4. The van der Waals surface area contributed by atoms with E-state index in [2.05, 4.69) is 53.2 Å². The molecular weight excluding hydrogens is 432 g/mol. The van der Waals surface area contributed by atoms with Crippen molar-refractivity contribution < 1.29 is 14.3 Å². The van der Waals surface area contributed by atoms with Crippen LogP contribution >= 0.6 is 0 Å². The molecule has 2 fully saturated rings. The number of hydrogen-bond donors (Lipinski definition) is 0. The lowest BCUT2D eigenvalue weighted by atomic mass is 9.68. The number of ether oxygens (including phenoxy) is 2. The molecule has 9 nitrogen and oxygen atoms in total. The van der Waals surface area contributed by atoms with Gasteiger partial charge >= 0.3 is 6.03 Å². The van der Waals surface area contributed by atoms with Crippen LogP contribution in [0.3, 0.4) is 0 Å². The number of aromatic nitrogens is 2. The lowest BCUT2D eigenvalue weighted by Gasteiger charge is -2.51. The quantitative estimate of drug-likeness (QED) is 0.622. The molecule has 2 aromatic rings. The number of urea groups is 1. The fraction of sp³-hybridized carbons (Fsp3) is 0.520. The summed E-state index contributed by atoms with van der Waals surface area (Å²) in [5, 5.41) is 9.15. The van der Waals surface area contributed by atoms with Gasteiger partial charge in [-0.3, -0.25) is 9.80 Å². The van der Waals surface area contributed by atoms with Gasteiger partial charge in [-0.05, 0) is 45.3 Å². The molecule has 1 aromatic heterocycles. The molecule has 2 aliphatic rings. The zero-order chi connectivity index (χ0) is 24.3. The highest BCUT2D eigenvalue weighted by molar-refractivity contribution is 5.96. The van der Waals surface area contributed by atoms with Gasteiger partial charge in [0.15, 0.2) is 0 Å². The molecule has 9 heteroatoms. The predicted octanol–water partition coefficient (Wildman–Crippen LogP) is 3.02. The second kappa shape index (κ2) is 9.57. The highest BCUT2D eigenvalue weighted by Crippen LogP contribution is 2.49. The number of rotatable bonds is 7. The van der Waals surface area contributed by atoms with E-state index in [-0.39, 0.29) is 28.8 Å². The summed E-state index contributed by atoms with van der Waals surface area (Å²) in [7, 11) is 7.41. The number of hydrogen-bond acceptors (Lipinski definition) is 7. The smallest absolute Gasteiger partial charge is 0.325 e. The van der Waals surface area contributed by atoms with Crippen LogP contribution in [0.2, 0.25) is 0 Å². The monoisotopic (exact) mass is 464 g/mol. The van der Waals surface area contributed by atoms with E-state index in [4.69, 9.17) is 14.7 Å². The van der Waals surface area contributed by atoms with Crippen LogP contribution < -0.4 is 9.64 Å². The summed E-state index contributed by atoms with van der Waals surface area (Å²) in [5.41, 5.74) is 1.38. The van der Waals surface area contributed by atoms with Crippen LogP contribution in [0.15, 0.2) is 36.5 Å². The van der Waals surface area contributed by atoms with Gasteiger partial charge in [-0.2, -0.15) is 10.2 Å². The summed E-state index contributed by atoms with van der Waals surface area (Å²) in [5.74, 6) is 0.237. The first-order valence-electron chi connectivity index (χ1n) is 11.5. The Hall–Kier alpha value is -3.22. The third-order valence-corrected chi connectivity index (χ3v) is 7.50. The van der Waals surface area contributed by atoms with Crippen LogP contribution in [-0.2, 0) is 10.3 Å². The summed E-state index contributed by atoms with van der Waals surface area (Å²) in [4.78, 5) is 27.9. The number of amides is 2. The highest BCUT2D eigenvalue weighted by Gasteiger charge is 2.55. The molecule has 2 heterocycles. The first kappa shape index (κ1) is 23.9. The Morgan fingerprint density at radius 1 is 1.15 bits per heavy atom. The molecule has 0 radical (unpaired) electrons. The molecule has 0 unspecified atom stereocenters. The molecule has 0 bridgehead atoms. The Balaban J connectivity index is 1.67. The molecule has 0 atom stereocenters. The van der Waals surface area contributed by atoms with Crippen molar-refractivity contribution in [2.24, 2.45) is 0 Å². The number of carbonyl (C=O) groups excluding carboxylic acids is 1. The van der Waals surface area contributed by atoms with Crippen LogP contribution in [-0.4, -0.2) is 79.3 Å². The number of anilines is 1. The van der Waals surface area contributed by atoms with E-state index in [9.17, 15) is 4.79 Å². The predicted molar refractivity (Wildman–Crippen MR) is 128 cm³/mol. The van der Waals surface area contributed by atoms with Crippen molar-refractivity contribution in [3.05, 3.63) is 47.9 Å². The molecule has 1 aliphatic carbocycles. The van der Waals surface area contributed by atoms with Crippen LogP contribution in [0.1, 0.15) is 37.1 Å². The number of carbonyl (C=O) groups is 1. The SMILES string of the molecule is COCCN1C(=O)N(c2cnc(C#N)nc2OC)C[C@]12CC[C@](c1ccccc1)(N(C)C)CC2. The van der Waals surface area contributed by atoms with Gasteiger partial charge in [-0.25, -0.2) is 9.78 Å². The van der Waals surface area contributed by atoms with E-state index in [0.717, 1.165) is 25.7 Å². The van der Waals surface area contributed by atoms with Crippen LogP contribution in [0.5, 0.6) is 5.88 Å². The molecule has 1 spiro atoms. The maximum absolute atomic E-state index is 13.7. The van der Waals surface area contributed by atoms with Gasteiger partial charge in [0.25, 0.3) is 0 Å². The van der Waals surface area contributed by atoms with E-state index in [1.54, 1.807) is 12.0 Å². The Morgan fingerprint density at radius 3 is 2.44 bits per heavy atom. The Labute approximate surface area is 200 Å². The van der Waals surface area contributed by atoms with Gasteiger partial charge in [0, 0.05) is 19.2 Å². The molecular formula is C25H32N6O3. The summed E-state index contributed by atoms with van der Waals surface area (Å²) in [6.45, 7) is 1.48. The van der Waals surface area contributed by atoms with E-state index < -0.39 is 0 Å². The second-order valence-corrected chi connectivity index (χ2v) is 9.23. The number of benzene rings is 1. The van der Waals surface area contributed by atoms with Crippen molar-refractivity contribution >= 4 is 11.7 Å². The molecule has 0 N–H and O–H groups in total. The van der Waals surface area contributed by atoms with E-state index in [0.29, 0.717) is 25.4 Å². The normalized spacial score (nSPS) is 24.6. The van der Waals surface area contributed by atoms with Crippen molar-refractivity contribution in [3.8, 4) is 11.9 Å². The largest absolute Gasteiger partial charge is 0.479 e. The van der Waals surface area contributed by atoms with Crippen molar-refractivity contribution in [3.63, 3.8) is 0 Å². The molecule has 1 aromatic carbocycles. The van der Waals surface area contributed by atoms with Crippen molar-refractivity contribution in [1.29, 1.82) is 5.26 Å². The third-order valence-electron chi connectivity index (χ3n) is 7.50. The highest BCUT2D eigenvalue weighted by atomic mass is 16.5. The molecule has 1 aliphatic heterocycles. The maximum atomic E-state index is 13.7. The zero-order valence-corrected chi connectivity index (χ0v) is 20.3. The average molecular weight is 465 g/mol. The molecule has 2 amide bonds. The van der Waals surface area contributed by atoms with Gasteiger partial charge in [0.1, 0.15) is 11.8 Å². The van der Waals surface area contributed by atoms with Crippen molar-refractivity contribution in [2.45, 2.75) is 36.8 Å². The summed E-state index contributed by atoms with van der Waals surface area (Å²) >= 11 is 0. The minimum Gasteiger partial charge on any atom is -0.479 e. The van der Waals surface area contributed by atoms with Gasteiger partial charge < -0.3 is 14.4 Å². The summed E-state index contributed by atoms with van der Waals surface area (Å²) in [6, 6.07) is 12.4. The molecule has 180 valence electrons. The Kier molecular flexibility index (Phi) is 6.73. The summed E-state index contributed by atoms with van der Waals surface area (Å²) < 4.78 is 10.8. The van der Waals surface area contributed by atoms with Crippen LogP contribution in [0.4, 0.5) is 10.5 Å². The number of nitrogens with zero attached hydrogens (tertiary/aromatic N) is 6. The van der Waals surface area contributed by atoms with Gasteiger partial charge in [0.2, 0.25) is 11.7 Å². The minimum atomic E-state index is -0.331. The maximum Gasteiger partial charge on any atom is 0.325 e. The topological polar surface area (TPSA) is 94.8 Å². The van der Waals surface area contributed by atoms with Gasteiger partial charge in [-0.15, -0.1) is 0 Å². The number of methoxy groups -OCH3 is 2.